The van der Waals surface area contributed by atoms with Gasteiger partial charge in [-0.3, -0.25) is 4.79 Å². The molecule has 0 aliphatic carbocycles. The van der Waals surface area contributed by atoms with Crippen LogP contribution in [-0.4, -0.2) is 48.0 Å². The third-order valence-electron chi connectivity index (χ3n) is 5.43. The summed E-state index contributed by atoms with van der Waals surface area (Å²) in [4.78, 5) is 27.4. The van der Waals surface area contributed by atoms with Crippen molar-refractivity contribution in [2.45, 2.75) is 25.2 Å². The lowest BCUT2D eigenvalue weighted by molar-refractivity contribution is -0.131. The maximum absolute atomic E-state index is 12.9. The van der Waals surface area contributed by atoms with Crippen LogP contribution in [0.3, 0.4) is 0 Å². The van der Waals surface area contributed by atoms with Crippen LogP contribution in [-0.2, 0) is 11.2 Å². The number of nitrogens with zero attached hydrogens (tertiary/aromatic N) is 4. The molecule has 3 heterocycles. The van der Waals surface area contributed by atoms with E-state index >= 15 is 0 Å². The molecule has 1 aromatic carbocycles. The van der Waals surface area contributed by atoms with Gasteiger partial charge < -0.3 is 9.80 Å². The van der Waals surface area contributed by atoms with Gasteiger partial charge in [0, 0.05) is 54.8 Å². The molecule has 1 fully saturated rings. The second-order valence-corrected chi connectivity index (χ2v) is 9.27. The Morgan fingerprint density at radius 3 is 2.77 bits per heavy atom. The number of hydrogen-bond acceptors (Lipinski definition) is 5. The summed E-state index contributed by atoms with van der Waals surface area (Å²) < 4.78 is 0. The number of carbonyl (C=O) groups is 1. The van der Waals surface area contributed by atoms with Gasteiger partial charge in [0.25, 0.3) is 0 Å². The lowest BCUT2D eigenvalue weighted by Crippen LogP contribution is -2.40. The highest BCUT2D eigenvalue weighted by Crippen LogP contribution is 2.34. The minimum Gasteiger partial charge on any atom is -0.347 e. The lowest BCUT2D eigenvalue weighted by Gasteiger charge is -2.33. The van der Waals surface area contributed by atoms with Crippen molar-refractivity contribution >= 4 is 34.8 Å². The van der Waals surface area contributed by atoms with Crippen molar-refractivity contribution in [2.24, 2.45) is 0 Å². The summed E-state index contributed by atoms with van der Waals surface area (Å²) in [5.74, 6) is 1.06. The summed E-state index contributed by atoms with van der Waals surface area (Å²) in [6.45, 7) is 1.50. The fraction of sp³-hybridized carbons (Fsp3) is 0.348. The van der Waals surface area contributed by atoms with Crippen LogP contribution in [0.2, 0.25) is 5.02 Å². The van der Waals surface area contributed by atoms with Crippen LogP contribution in [0.15, 0.2) is 48.0 Å². The number of aromatic nitrogens is 2. The molecule has 0 N–H and O–H groups in total. The van der Waals surface area contributed by atoms with Crippen molar-refractivity contribution in [3.8, 4) is 11.1 Å². The van der Waals surface area contributed by atoms with Crippen LogP contribution >= 0.6 is 22.9 Å². The van der Waals surface area contributed by atoms with Crippen LogP contribution in [0.4, 0.5) is 5.95 Å². The fourth-order valence-electron chi connectivity index (χ4n) is 3.86. The largest absolute Gasteiger partial charge is 0.347 e. The fourth-order valence-corrected chi connectivity index (χ4v) is 4.69. The van der Waals surface area contributed by atoms with Gasteiger partial charge in [0.15, 0.2) is 0 Å². The molecule has 30 heavy (non-hydrogen) atoms. The molecule has 1 aliphatic heterocycles. The van der Waals surface area contributed by atoms with Crippen LogP contribution < -0.4 is 4.90 Å². The number of hydrogen-bond donors (Lipinski definition) is 0. The molecule has 0 radical (unpaired) electrons. The van der Waals surface area contributed by atoms with Gasteiger partial charge in [-0.05, 0) is 42.0 Å². The SMILES string of the molecule is CN(C)c1ncc(-c2ccc(Cl)cc2)c([C@H]2CCCN(C(=O)Cc3cccs3)C2)n1. The molecular formula is C23H25ClN4OS. The minimum absolute atomic E-state index is 0.179. The molecule has 5 nitrogen and oxygen atoms in total. The second-order valence-electron chi connectivity index (χ2n) is 7.81. The third-order valence-corrected chi connectivity index (χ3v) is 6.56. The van der Waals surface area contributed by atoms with E-state index in [1.54, 1.807) is 11.3 Å². The highest BCUT2D eigenvalue weighted by atomic mass is 35.5. The van der Waals surface area contributed by atoms with Crippen molar-refractivity contribution in [1.82, 2.24) is 14.9 Å². The first-order valence-corrected chi connectivity index (χ1v) is 11.4. The van der Waals surface area contributed by atoms with E-state index in [2.05, 4.69) is 4.98 Å². The molecule has 1 amide bonds. The Hall–Kier alpha value is -2.44. The Morgan fingerprint density at radius 1 is 1.27 bits per heavy atom. The number of piperidine rings is 1. The Labute approximate surface area is 186 Å². The topological polar surface area (TPSA) is 49.3 Å². The highest BCUT2D eigenvalue weighted by Gasteiger charge is 2.28. The number of thiophene rings is 1. The number of halogens is 1. The average Bonchev–Trinajstić information content (AvgIpc) is 3.27. The number of anilines is 1. The molecular weight excluding hydrogens is 416 g/mol. The first-order chi connectivity index (χ1) is 14.5. The smallest absolute Gasteiger partial charge is 0.227 e. The third kappa shape index (κ3) is 4.65. The quantitative estimate of drug-likeness (QED) is 0.567. The van der Waals surface area contributed by atoms with Gasteiger partial charge in [-0.15, -0.1) is 11.3 Å². The normalized spacial score (nSPS) is 16.5. The van der Waals surface area contributed by atoms with E-state index in [9.17, 15) is 4.79 Å². The lowest BCUT2D eigenvalue weighted by atomic mass is 9.89. The zero-order chi connectivity index (χ0) is 21.1. The Balaban J connectivity index is 1.63. The zero-order valence-corrected chi connectivity index (χ0v) is 18.8. The van der Waals surface area contributed by atoms with Gasteiger partial charge >= 0.3 is 0 Å². The van der Waals surface area contributed by atoms with Crippen LogP contribution in [0.25, 0.3) is 11.1 Å². The molecule has 0 saturated carbocycles. The number of carbonyl (C=O) groups excluding carboxylic acids is 1. The van der Waals surface area contributed by atoms with Gasteiger partial charge in [-0.1, -0.05) is 29.8 Å². The molecule has 1 aliphatic rings. The van der Waals surface area contributed by atoms with E-state index in [4.69, 9.17) is 16.6 Å². The minimum atomic E-state index is 0.179. The van der Waals surface area contributed by atoms with Gasteiger partial charge in [0.1, 0.15) is 0 Å². The summed E-state index contributed by atoms with van der Waals surface area (Å²) in [5, 5.41) is 2.72. The number of likely N-dealkylation sites (tertiary alicyclic amines) is 1. The van der Waals surface area contributed by atoms with Crippen LogP contribution in [0, 0.1) is 0 Å². The first-order valence-electron chi connectivity index (χ1n) is 10.1. The zero-order valence-electron chi connectivity index (χ0n) is 17.2. The predicted octanol–water partition coefficient (Wildman–Crippen LogP) is 4.87. The van der Waals surface area contributed by atoms with E-state index < -0.39 is 0 Å². The van der Waals surface area contributed by atoms with Crippen molar-refractivity contribution in [3.63, 3.8) is 0 Å². The monoisotopic (exact) mass is 440 g/mol. The molecule has 3 aromatic rings. The van der Waals surface area contributed by atoms with Crippen LogP contribution in [0.1, 0.15) is 29.3 Å². The van der Waals surface area contributed by atoms with Crippen molar-refractivity contribution in [3.05, 3.63) is 63.6 Å². The Morgan fingerprint density at radius 2 is 2.07 bits per heavy atom. The summed E-state index contributed by atoms with van der Waals surface area (Å²) in [5.41, 5.74) is 3.06. The van der Waals surface area contributed by atoms with Crippen molar-refractivity contribution in [2.75, 3.05) is 32.1 Å². The van der Waals surface area contributed by atoms with Gasteiger partial charge in [0.2, 0.25) is 11.9 Å². The van der Waals surface area contributed by atoms with E-state index in [-0.39, 0.29) is 11.8 Å². The maximum Gasteiger partial charge on any atom is 0.227 e. The Kier molecular flexibility index (Phi) is 6.35. The van der Waals surface area contributed by atoms with E-state index in [0.717, 1.165) is 41.1 Å². The summed E-state index contributed by atoms with van der Waals surface area (Å²) in [6, 6.07) is 11.8. The molecule has 0 unspecified atom stereocenters. The molecule has 4 rings (SSSR count). The van der Waals surface area contributed by atoms with Crippen molar-refractivity contribution < 1.29 is 4.79 Å². The van der Waals surface area contributed by atoms with Gasteiger partial charge in [0.05, 0.1) is 12.1 Å². The summed E-state index contributed by atoms with van der Waals surface area (Å²) in [7, 11) is 3.89. The van der Waals surface area contributed by atoms with Crippen molar-refractivity contribution in [1.29, 1.82) is 0 Å². The molecule has 2 aromatic heterocycles. The Bertz CT molecular complexity index is 1000. The molecule has 0 spiro atoms. The molecule has 156 valence electrons. The first kappa shape index (κ1) is 20.8. The second kappa shape index (κ2) is 9.14. The summed E-state index contributed by atoms with van der Waals surface area (Å²) in [6.07, 6.45) is 4.35. The maximum atomic E-state index is 12.9. The standard InChI is InChI=1S/C23H25ClN4OS/c1-27(2)23-25-14-20(16-7-9-18(24)10-8-16)22(26-23)17-5-3-11-28(15-17)21(29)13-19-6-4-12-30-19/h4,6-10,12,14,17H,3,5,11,13,15H2,1-2H3/t17-/m0/s1. The van der Waals surface area contributed by atoms with E-state index in [1.807, 2.05) is 71.9 Å². The van der Waals surface area contributed by atoms with Gasteiger partial charge in [-0.25, -0.2) is 9.97 Å². The molecule has 1 saturated heterocycles. The number of amides is 1. The number of rotatable bonds is 5. The molecule has 0 bridgehead atoms. The van der Waals surface area contributed by atoms with E-state index in [1.165, 1.54) is 0 Å². The highest BCUT2D eigenvalue weighted by molar-refractivity contribution is 7.10. The average molecular weight is 441 g/mol. The predicted molar refractivity (Wildman–Crippen MR) is 123 cm³/mol. The van der Waals surface area contributed by atoms with Gasteiger partial charge in [-0.2, -0.15) is 0 Å². The molecule has 1 atom stereocenters. The van der Waals surface area contributed by atoms with Crippen LogP contribution in [0.5, 0.6) is 0 Å². The molecule has 7 heteroatoms. The van der Waals surface area contributed by atoms with E-state index in [0.29, 0.717) is 23.9 Å². The summed E-state index contributed by atoms with van der Waals surface area (Å²) >= 11 is 7.72. The number of benzene rings is 1.